The Morgan fingerprint density at radius 3 is 1.57 bits per heavy atom. The molecule has 1 amide bonds. The lowest BCUT2D eigenvalue weighted by atomic mass is 9.97. The molecule has 0 aromatic heterocycles. The Balaban J connectivity index is 1.76. The van der Waals surface area contributed by atoms with Gasteiger partial charge in [-0.25, -0.2) is 0 Å². The number of amides is 1. The van der Waals surface area contributed by atoms with Crippen molar-refractivity contribution in [2.45, 2.75) is 203 Å². The van der Waals surface area contributed by atoms with Gasteiger partial charge in [-0.1, -0.05) is 148 Å². The molecular weight excluding hydrogens is 895 g/mol. The number of hydrogen-bond acceptors (Lipinski definition) is 13. The van der Waals surface area contributed by atoms with Crippen molar-refractivity contribution in [3.63, 3.8) is 0 Å². The van der Waals surface area contributed by atoms with Crippen molar-refractivity contribution >= 4 is 5.91 Å². The summed E-state index contributed by atoms with van der Waals surface area (Å²) in [4.78, 5) is 13.1. The van der Waals surface area contributed by atoms with Gasteiger partial charge in [0, 0.05) is 6.42 Å². The number of nitrogens with one attached hydrogen (secondary N) is 1. The van der Waals surface area contributed by atoms with E-state index in [0.29, 0.717) is 12.8 Å². The van der Waals surface area contributed by atoms with Gasteiger partial charge in [-0.15, -0.1) is 0 Å². The van der Waals surface area contributed by atoms with Gasteiger partial charge in [0.2, 0.25) is 5.91 Å². The Labute approximate surface area is 418 Å². The molecule has 2 aliphatic rings. The zero-order chi connectivity index (χ0) is 51.0. The van der Waals surface area contributed by atoms with Crippen LogP contribution in [-0.4, -0.2) is 140 Å². The van der Waals surface area contributed by atoms with Crippen molar-refractivity contribution in [3.05, 3.63) is 122 Å². The van der Waals surface area contributed by atoms with Crippen LogP contribution in [0.1, 0.15) is 129 Å². The molecule has 12 atom stereocenters. The molecule has 0 aromatic carbocycles. The van der Waals surface area contributed by atoms with E-state index in [1.165, 1.54) is 0 Å². The molecular formula is C56H89NO13. The number of unbranched alkanes of at least 4 members (excludes halogenated alkanes) is 7. The fourth-order valence-corrected chi connectivity index (χ4v) is 7.54. The number of allylic oxidation sites excluding steroid dienone is 19. The highest BCUT2D eigenvalue weighted by atomic mass is 16.7. The van der Waals surface area contributed by atoms with Crippen LogP contribution in [0.5, 0.6) is 0 Å². The number of rotatable bonds is 37. The van der Waals surface area contributed by atoms with E-state index < -0.39 is 86.8 Å². The molecule has 2 rings (SSSR count). The summed E-state index contributed by atoms with van der Waals surface area (Å²) in [5, 5.41) is 86.5. The van der Waals surface area contributed by atoms with Crippen LogP contribution in [-0.2, 0) is 23.7 Å². The van der Waals surface area contributed by atoms with Crippen molar-refractivity contribution in [1.29, 1.82) is 0 Å². The molecule has 14 heteroatoms. The Hall–Kier alpha value is -3.61. The first-order valence-electron chi connectivity index (χ1n) is 25.7. The summed E-state index contributed by atoms with van der Waals surface area (Å²) >= 11 is 0. The minimum Gasteiger partial charge on any atom is -0.394 e. The third kappa shape index (κ3) is 27.3. The molecule has 0 bridgehead atoms. The summed E-state index contributed by atoms with van der Waals surface area (Å²) in [7, 11) is 0. The SMILES string of the molecule is C/C=C/CC/C=C/CC/C=C/C(O)C(COC1OC(CO)C(OC2OC(CO)C(O)C(O)C2O)C(O)C1O)NC(=O)CCCCCCC/C=C\C/C=C\C/C=C\C/C=C\C/C=C\C/C=C\C/C=C\CC. The second kappa shape index (κ2) is 40.9. The van der Waals surface area contributed by atoms with Crippen LogP contribution in [0.2, 0.25) is 0 Å². The topological polar surface area (TPSA) is 228 Å². The van der Waals surface area contributed by atoms with E-state index >= 15 is 0 Å². The third-order valence-corrected chi connectivity index (χ3v) is 11.7. The second-order valence-electron chi connectivity index (χ2n) is 17.6. The molecule has 9 N–H and O–H groups in total. The molecule has 14 nitrogen and oxygen atoms in total. The molecule has 0 aromatic rings. The zero-order valence-electron chi connectivity index (χ0n) is 41.9. The normalized spacial score (nSPS) is 27.0. The maximum absolute atomic E-state index is 13.1. The maximum atomic E-state index is 13.1. The maximum Gasteiger partial charge on any atom is 0.220 e. The first-order chi connectivity index (χ1) is 34.1. The van der Waals surface area contributed by atoms with E-state index in [4.69, 9.17) is 18.9 Å². The van der Waals surface area contributed by atoms with Crippen LogP contribution in [0.15, 0.2) is 122 Å². The van der Waals surface area contributed by atoms with Crippen LogP contribution >= 0.6 is 0 Å². The van der Waals surface area contributed by atoms with E-state index in [1.54, 1.807) is 6.08 Å². The number of carbonyl (C=O) groups excluding carboxylic acids is 1. The molecule has 2 heterocycles. The fraction of sp³-hybridized carbons (Fsp3) is 0.625. The van der Waals surface area contributed by atoms with E-state index in [9.17, 15) is 45.6 Å². The molecule has 0 saturated carbocycles. The van der Waals surface area contributed by atoms with Crippen molar-refractivity contribution in [3.8, 4) is 0 Å². The molecule has 70 heavy (non-hydrogen) atoms. The standard InChI is InChI=1S/C56H89NO13/c1-3-5-7-9-11-13-14-15-16-17-18-19-20-21-22-23-24-25-26-27-28-29-30-32-34-36-38-40-48(61)57-44(45(60)39-37-35-33-31-12-10-8-6-4-2)43-67-55-53(66)51(64)54(47(42-59)69-55)70-56-52(65)50(63)49(62)46(41-58)68-56/h4-7,11-13,15-16,18-19,21-22,24-25,27-28,31,37,39,44-47,49-56,58-60,62-66H,3,8-10,14,17,20,23,26,29-30,32-36,38,40-43H2,1-2H3,(H,57,61)/b6-4+,7-5-,13-11-,16-15-,19-18-,22-21-,25-24-,28-27-,31-12+,39-37+. The van der Waals surface area contributed by atoms with Gasteiger partial charge in [0.05, 0.1) is 32.0 Å². The van der Waals surface area contributed by atoms with Crippen molar-refractivity contribution in [2.75, 3.05) is 19.8 Å². The summed E-state index contributed by atoms with van der Waals surface area (Å²) in [6.07, 6.45) is 41.3. The van der Waals surface area contributed by atoms with Gasteiger partial charge in [0.15, 0.2) is 12.6 Å². The molecule has 396 valence electrons. The minimum atomic E-state index is -1.80. The van der Waals surface area contributed by atoms with E-state index in [0.717, 1.165) is 96.3 Å². The largest absolute Gasteiger partial charge is 0.394 e. The Morgan fingerprint density at radius 1 is 0.543 bits per heavy atom. The Kier molecular flexibility index (Phi) is 36.5. The fourth-order valence-electron chi connectivity index (χ4n) is 7.54. The van der Waals surface area contributed by atoms with E-state index in [1.807, 2.05) is 19.1 Å². The summed E-state index contributed by atoms with van der Waals surface area (Å²) in [6, 6.07) is -0.955. The number of carbonyl (C=O) groups is 1. The van der Waals surface area contributed by atoms with Gasteiger partial charge in [-0.2, -0.15) is 0 Å². The molecule has 12 unspecified atom stereocenters. The van der Waals surface area contributed by atoms with Gasteiger partial charge < -0.3 is 65.1 Å². The summed E-state index contributed by atoms with van der Waals surface area (Å²) in [6.45, 7) is 2.35. The highest BCUT2D eigenvalue weighted by Crippen LogP contribution is 2.30. The Morgan fingerprint density at radius 2 is 1.01 bits per heavy atom. The van der Waals surface area contributed by atoms with Crippen molar-refractivity contribution < 1.29 is 64.6 Å². The first-order valence-corrected chi connectivity index (χ1v) is 25.7. The predicted octanol–water partition coefficient (Wildman–Crippen LogP) is 7.10. The average Bonchev–Trinajstić information content (AvgIpc) is 3.36. The number of hydrogen-bond donors (Lipinski definition) is 9. The monoisotopic (exact) mass is 984 g/mol. The quantitative estimate of drug-likeness (QED) is 0.0224. The second-order valence-corrected chi connectivity index (χ2v) is 17.6. The summed E-state index contributed by atoms with van der Waals surface area (Å²) in [5.41, 5.74) is 0. The summed E-state index contributed by atoms with van der Waals surface area (Å²) < 4.78 is 22.6. The van der Waals surface area contributed by atoms with Crippen molar-refractivity contribution in [2.24, 2.45) is 0 Å². The highest BCUT2D eigenvalue weighted by molar-refractivity contribution is 5.76. The molecule has 0 spiro atoms. The lowest BCUT2D eigenvalue weighted by molar-refractivity contribution is -0.359. The molecule has 0 aliphatic carbocycles. The average molecular weight is 984 g/mol. The Bertz CT molecular complexity index is 1630. The lowest BCUT2D eigenvalue weighted by Crippen LogP contribution is -2.65. The molecule has 2 fully saturated rings. The van der Waals surface area contributed by atoms with Gasteiger partial charge >= 0.3 is 0 Å². The van der Waals surface area contributed by atoms with Crippen LogP contribution < -0.4 is 5.32 Å². The number of ether oxygens (including phenoxy) is 4. The number of aliphatic hydroxyl groups is 8. The van der Waals surface area contributed by atoms with Gasteiger partial charge in [0.1, 0.15) is 48.8 Å². The predicted molar refractivity (Wildman–Crippen MR) is 276 cm³/mol. The van der Waals surface area contributed by atoms with Crippen LogP contribution in [0.3, 0.4) is 0 Å². The number of aliphatic hydroxyl groups excluding tert-OH is 8. The van der Waals surface area contributed by atoms with E-state index in [-0.39, 0.29) is 18.9 Å². The van der Waals surface area contributed by atoms with Crippen LogP contribution in [0, 0.1) is 0 Å². The molecule has 0 radical (unpaired) electrons. The zero-order valence-corrected chi connectivity index (χ0v) is 41.9. The van der Waals surface area contributed by atoms with Crippen molar-refractivity contribution in [1.82, 2.24) is 5.32 Å². The first kappa shape index (κ1) is 62.5. The highest BCUT2D eigenvalue weighted by Gasteiger charge is 2.51. The smallest absolute Gasteiger partial charge is 0.220 e. The van der Waals surface area contributed by atoms with Gasteiger partial charge in [-0.3, -0.25) is 4.79 Å². The third-order valence-electron chi connectivity index (χ3n) is 11.7. The van der Waals surface area contributed by atoms with Crippen LogP contribution in [0.25, 0.3) is 0 Å². The minimum absolute atomic E-state index is 0.238. The van der Waals surface area contributed by atoms with Crippen LogP contribution in [0.4, 0.5) is 0 Å². The lowest BCUT2D eigenvalue weighted by Gasteiger charge is -2.46. The van der Waals surface area contributed by atoms with Gasteiger partial charge in [-0.05, 0) is 96.8 Å². The summed E-state index contributed by atoms with van der Waals surface area (Å²) in [5.74, 6) is -0.284. The van der Waals surface area contributed by atoms with Gasteiger partial charge in [0.25, 0.3) is 0 Å². The van der Waals surface area contributed by atoms with E-state index in [2.05, 4.69) is 116 Å². The molecule has 2 aliphatic heterocycles. The molecule has 2 saturated heterocycles.